The Kier molecular flexibility index (Phi) is 6.77. The molecule has 1 saturated heterocycles. The molecule has 1 N–H and O–H groups in total. The summed E-state index contributed by atoms with van der Waals surface area (Å²) >= 11 is 7.74. The fourth-order valence-corrected chi connectivity index (χ4v) is 4.21. The van der Waals surface area contributed by atoms with Crippen LogP contribution in [0.5, 0.6) is 0 Å². The zero-order valence-electron chi connectivity index (χ0n) is 13.0. The van der Waals surface area contributed by atoms with Crippen LogP contribution in [-0.2, 0) is 0 Å². The van der Waals surface area contributed by atoms with E-state index in [0.717, 1.165) is 22.2 Å². The Bertz CT molecular complexity index is 872. The van der Waals surface area contributed by atoms with Gasteiger partial charge in [0, 0.05) is 34.8 Å². The van der Waals surface area contributed by atoms with Crippen LogP contribution < -0.4 is 5.32 Å². The van der Waals surface area contributed by atoms with Crippen LogP contribution in [0.25, 0.3) is 10.9 Å². The topological polar surface area (TPSA) is 46.9 Å². The molecular weight excluding hydrogens is 401 g/mol. The van der Waals surface area contributed by atoms with Crippen molar-refractivity contribution in [1.29, 1.82) is 0 Å². The molecule has 0 aliphatic carbocycles. The molecule has 1 fully saturated rings. The molecule has 3 heterocycles. The van der Waals surface area contributed by atoms with Crippen molar-refractivity contribution >= 4 is 65.0 Å². The van der Waals surface area contributed by atoms with E-state index >= 15 is 0 Å². The van der Waals surface area contributed by atoms with Crippen molar-refractivity contribution < 1.29 is 4.79 Å². The molecule has 3 aromatic rings. The number of aromatic nitrogens is 2. The molecule has 0 spiro atoms. The van der Waals surface area contributed by atoms with Crippen LogP contribution in [0.3, 0.4) is 0 Å². The van der Waals surface area contributed by atoms with Gasteiger partial charge in [0.05, 0.1) is 16.9 Å². The van der Waals surface area contributed by atoms with Gasteiger partial charge in [0.15, 0.2) is 0 Å². The van der Waals surface area contributed by atoms with Gasteiger partial charge in [0.2, 0.25) is 5.91 Å². The number of benzene rings is 1. The van der Waals surface area contributed by atoms with Gasteiger partial charge in [0.25, 0.3) is 0 Å². The SMILES string of the molecule is Cl.Cl.O=C(C1CSC(c2cccnc2)N1)n1ccc2cc(Cl)ccc21. The second-order valence-corrected chi connectivity index (χ2v) is 7.02. The minimum absolute atomic E-state index is 0. The van der Waals surface area contributed by atoms with E-state index in [1.165, 1.54) is 0 Å². The Morgan fingerprint density at radius 1 is 1.28 bits per heavy atom. The fourth-order valence-electron chi connectivity index (χ4n) is 2.81. The number of fused-ring (bicyclic) bond motifs is 1. The number of pyridine rings is 1. The number of hydrogen-bond acceptors (Lipinski definition) is 4. The lowest BCUT2D eigenvalue weighted by Crippen LogP contribution is -2.37. The van der Waals surface area contributed by atoms with E-state index in [2.05, 4.69) is 10.3 Å². The lowest BCUT2D eigenvalue weighted by Gasteiger charge is -2.13. The molecule has 0 bridgehead atoms. The molecule has 4 rings (SSSR count). The molecule has 1 aliphatic rings. The molecule has 0 radical (unpaired) electrons. The monoisotopic (exact) mass is 415 g/mol. The summed E-state index contributed by atoms with van der Waals surface area (Å²) in [7, 11) is 0. The Morgan fingerprint density at radius 3 is 2.88 bits per heavy atom. The third-order valence-corrected chi connectivity index (χ3v) is 5.46. The fraction of sp³-hybridized carbons (Fsp3) is 0.176. The second kappa shape index (κ2) is 8.43. The number of carbonyl (C=O) groups excluding carboxylic acids is 1. The van der Waals surface area contributed by atoms with Crippen molar-refractivity contribution in [3.63, 3.8) is 0 Å². The van der Waals surface area contributed by atoms with Crippen molar-refractivity contribution in [1.82, 2.24) is 14.9 Å². The summed E-state index contributed by atoms with van der Waals surface area (Å²) in [5.74, 6) is 0.798. The largest absolute Gasteiger partial charge is 0.290 e. The molecule has 2 atom stereocenters. The number of nitrogens with zero attached hydrogens (tertiary/aromatic N) is 2. The number of carbonyl (C=O) groups is 1. The molecule has 0 amide bonds. The molecule has 2 aromatic heterocycles. The molecule has 25 heavy (non-hydrogen) atoms. The van der Waals surface area contributed by atoms with Crippen LogP contribution in [0.2, 0.25) is 5.02 Å². The van der Waals surface area contributed by atoms with Gasteiger partial charge in [-0.25, -0.2) is 0 Å². The highest BCUT2D eigenvalue weighted by molar-refractivity contribution is 7.99. The van der Waals surface area contributed by atoms with Gasteiger partial charge in [-0.1, -0.05) is 17.7 Å². The highest BCUT2D eigenvalue weighted by atomic mass is 35.5. The summed E-state index contributed by atoms with van der Waals surface area (Å²) in [6.45, 7) is 0. The van der Waals surface area contributed by atoms with E-state index in [4.69, 9.17) is 11.6 Å². The lowest BCUT2D eigenvalue weighted by atomic mass is 10.2. The van der Waals surface area contributed by atoms with Crippen molar-refractivity contribution in [2.75, 3.05) is 5.75 Å². The van der Waals surface area contributed by atoms with Crippen molar-refractivity contribution in [3.8, 4) is 0 Å². The van der Waals surface area contributed by atoms with E-state index < -0.39 is 0 Å². The number of hydrogen-bond donors (Lipinski definition) is 1. The maximum atomic E-state index is 12.8. The van der Waals surface area contributed by atoms with E-state index in [1.807, 2.05) is 48.8 Å². The van der Waals surface area contributed by atoms with Gasteiger partial charge in [-0.15, -0.1) is 36.6 Å². The molecule has 132 valence electrons. The molecule has 1 aromatic carbocycles. The van der Waals surface area contributed by atoms with Crippen LogP contribution >= 0.6 is 48.2 Å². The number of nitrogens with one attached hydrogen (secondary N) is 1. The standard InChI is InChI=1S/C17H14ClN3OS.2ClH/c18-13-3-4-15-11(8-13)5-7-21(15)17(22)14-10-23-16(20-14)12-2-1-6-19-9-12;;/h1-9,14,16,20H,10H2;2*1H. The summed E-state index contributed by atoms with van der Waals surface area (Å²) < 4.78 is 1.70. The van der Waals surface area contributed by atoms with Gasteiger partial charge >= 0.3 is 0 Å². The molecule has 8 heteroatoms. The minimum atomic E-state index is -0.212. The van der Waals surface area contributed by atoms with Gasteiger partial charge in [0.1, 0.15) is 0 Å². The first kappa shape index (κ1) is 20.1. The second-order valence-electron chi connectivity index (χ2n) is 5.45. The van der Waals surface area contributed by atoms with Crippen LogP contribution in [0.4, 0.5) is 0 Å². The zero-order chi connectivity index (χ0) is 15.8. The third kappa shape index (κ3) is 3.96. The van der Waals surface area contributed by atoms with E-state index in [-0.39, 0.29) is 42.1 Å². The minimum Gasteiger partial charge on any atom is -0.290 e. The van der Waals surface area contributed by atoms with E-state index in [9.17, 15) is 4.79 Å². The van der Waals surface area contributed by atoms with Crippen molar-refractivity contribution in [2.45, 2.75) is 11.4 Å². The Hall–Kier alpha value is -1.24. The predicted octanol–water partition coefficient (Wildman–Crippen LogP) is 4.58. The third-order valence-electron chi connectivity index (χ3n) is 3.96. The van der Waals surface area contributed by atoms with Gasteiger partial charge in [-0.2, -0.15) is 0 Å². The highest BCUT2D eigenvalue weighted by Crippen LogP contribution is 2.33. The molecule has 2 unspecified atom stereocenters. The number of thioether (sulfide) groups is 1. The maximum Gasteiger partial charge on any atom is 0.249 e. The first-order valence-electron chi connectivity index (χ1n) is 7.31. The summed E-state index contributed by atoms with van der Waals surface area (Å²) in [5.41, 5.74) is 1.98. The molecule has 4 nitrogen and oxygen atoms in total. The van der Waals surface area contributed by atoms with Crippen molar-refractivity contribution in [2.24, 2.45) is 0 Å². The summed E-state index contributed by atoms with van der Waals surface area (Å²) in [5, 5.41) is 5.15. The predicted molar refractivity (Wildman–Crippen MR) is 108 cm³/mol. The lowest BCUT2D eigenvalue weighted by molar-refractivity contribution is 0.0879. The summed E-state index contributed by atoms with van der Waals surface area (Å²) in [6.07, 6.45) is 5.40. The van der Waals surface area contributed by atoms with Gasteiger partial charge in [-0.05, 0) is 35.9 Å². The average Bonchev–Trinajstić information content (AvgIpc) is 3.22. The Labute approximate surface area is 167 Å². The smallest absolute Gasteiger partial charge is 0.249 e. The van der Waals surface area contributed by atoms with E-state index in [1.54, 1.807) is 22.5 Å². The maximum absolute atomic E-state index is 12.8. The zero-order valence-corrected chi connectivity index (χ0v) is 16.2. The first-order chi connectivity index (χ1) is 11.2. The molecule has 0 saturated carbocycles. The molecular formula is C17H16Cl3N3OS. The van der Waals surface area contributed by atoms with Crippen molar-refractivity contribution in [3.05, 3.63) is 65.6 Å². The summed E-state index contributed by atoms with van der Waals surface area (Å²) in [6, 6.07) is 11.2. The molecule has 1 aliphatic heterocycles. The summed E-state index contributed by atoms with van der Waals surface area (Å²) in [4.78, 5) is 17.0. The average molecular weight is 417 g/mol. The number of halogens is 3. The first-order valence-corrected chi connectivity index (χ1v) is 8.73. The van der Waals surface area contributed by atoms with Crippen LogP contribution in [0.15, 0.2) is 55.0 Å². The van der Waals surface area contributed by atoms with Crippen LogP contribution in [0.1, 0.15) is 15.7 Å². The van der Waals surface area contributed by atoms with Crippen LogP contribution in [-0.4, -0.2) is 27.3 Å². The normalized spacial score (nSPS) is 19.2. The van der Waals surface area contributed by atoms with E-state index in [0.29, 0.717) is 5.02 Å². The Balaban J connectivity index is 0.00000113. The number of rotatable bonds is 2. The van der Waals surface area contributed by atoms with Crippen LogP contribution in [0, 0.1) is 0 Å². The quantitative estimate of drug-likeness (QED) is 0.664. The van der Waals surface area contributed by atoms with Gasteiger partial charge in [-0.3, -0.25) is 19.7 Å². The Morgan fingerprint density at radius 2 is 2.12 bits per heavy atom. The van der Waals surface area contributed by atoms with Gasteiger partial charge < -0.3 is 0 Å². The highest BCUT2D eigenvalue weighted by Gasteiger charge is 2.31.